The van der Waals surface area contributed by atoms with E-state index in [1.807, 2.05) is 38.2 Å². The van der Waals surface area contributed by atoms with E-state index >= 15 is 0 Å². The molecule has 0 unspecified atom stereocenters. The number of nitrogens with one attached hydrogen (secondary N) is 1. The predicted molar refractivity (Wildman–Crippen MR) is 125 cm³/mol. The number of ketones is 1. The van der Waals surface area contributed by atoms with E-state index in [0.29, 0.717) is 0 Å². The topological polar surface area (TPSA) is 110 Å². The van der Waals surface area contributed by atoms with Gasteiger partial charge in [0, 0.05) is 37.2 Å². The molecule has 33 heavy (non-hydrogen) atoms. The molecule has 1 fully saturated rings. The maximum atomic E-state index is 12.7. The molecule has 0 aliphatic carbocycles. The maximum absolute atomic E-state index is 12.7. The normalized spacial score (nSPS) is 25.0. The minimum atomic E-state index is -0.921. The number of cyclic esters (lactones) is 1. The SMILES string of the molecule is C/C(=C\[C@H](C)C(=O)C[C@H](O)CC1CC(=O)NC(=O)C1)[C@@H]1OC(=O)C=CCCC=CC=C[C@@H]1C. The predicted octanol–water partition coefficient (Wildman–Crippen LogP) is 3.34. The van der Waals surface area contributed by atoms with Gasteiger partial charge in [0.15, 0.2) is 0 Å². The number of imide groups is 1. The first kappa shape index (κ1) is 26.5. The number of hydrogen-bond donors (Lipinski definition) is 2. The molecule has 0 radical (unpaired) electrons. The molecule has 2 aliphatic heterocycles. The number of piperidine rings is 1. The molecule has 2 heterocycles. The van der Waals surface area contributed by atoms with E-state index < -0.39 is 24.1 Å². The summed E-state index contributed by atoms with van der Waals surface area (Å²) in [5.74, 6) is -2.10. The van der Waals surface area contributed by atoms with Crippen LogP contribution in [0.25, 0.3) is 0 Å². The molecule has 7 nitrogen and oxygen atoms in total. The molecule has 0 spiro atoms. The lowest BCUT2D eigenvalue weighted by atomic mass is 9.88. The minimum Gasteiger partial charge on any atom is -0.454 e. The standard InChI is InChI=1S/C26H35NO6/c1-17-10-8-6-4-5-7-9-11-25(32)33-26(17)19(3)12-18(2)22(29)16-21(28)13-20-14-23(30)27-24(31)15-20/h4,6,8-12,17-18,20-21,26,28H,5,7,13-16H2,1-3H3,(H,27,30,31)/b6-4?,10-8?,11-9?,19-12+/t17-,18-,21+,26+/m0/s1. The number of carbonyl (C=O) groups is 4. The lowest BCUT2D eigenvalue weighted by Gasteiger charge is -2.24. The second-order valence-corrected chi connectivity index (χ2v) is 9.01. The lowest BCUT2D eigenvalue weighted by Crippen LogP contribution is -2.39. The average Bonchev–Trinajstić information content (AvgIpc) is 2.71. The monoisotopic (exact) mass is 457 g/mol. The van der Waals surface area contributed by atoms with Gasteiger partial charge in [0.05, 0.1) is 6.10 Å². The van der Waals surface area contributed by atoms with E-state index in [1.165, 1.54) is 6.08 Å². The maximum Gasteiger partial charge on any atom is 0.331 e. The van der Waals surface area contributed by atoms with Gasteiger partial charge in [0.2, 0.25) is 11.8 Å². The van der Waals surface area contributed by atoms with Crippen molar-refractivity contribution in [3.05, 3.63) is 48.1 Å². The summed E-state index contributed by atoms with van der Waals surface area (Å²) in [6.07, 6.45) is 13.6. The third-order valence-electron chi connectivity index (χ3n) is 5.88. The van der Waals surface area contributed by atoms with Crippen LogP contribution in [0.15, 0.2) is 48.1 Å². The fourth-order valence-corrected chi connectivity index (χ4v) is 4.16. The highest BCUT2D eigenvalue weighted by molar-refractivity contribution is 5.97. The van der Waals surface area contributed by atoms with Gasteiger partial charge in [-0.2, -0.15) is 0 Å². The molecular formula is C26H35NO6. The van der Waals surface area contributed by atoms with Gasteiger partial charge >= 0.3 is 5.97 Å². The molecule has 2 N–H and O–H groups in total. The molecule has 7 heteroatoms. The molecule has 0 saturated carbocycles. The zero-order chi connectivity index (χ0) is 24.4. The van der Waals surface area contributed by atoms with E-state index in [1.54, 1.807) is 19.1 Å². The quantitative estimate of drug-likeness (QED) is 0.345. The summed E-state index contributed by atoms with van der Waals surface area (Å²) in [6, 6.07) is 0. The van der Waals surface area contributed by atoms with Crippen molar-refractivity contribution in [2.45, 2.75) is 71.5 Å². The Labute approximate surface area is 195 Å². The van der Waals surface area contributed by atoms with Gasteiger partial charge in [-0.15, -0.1) is 0 Å². The van der Waals surface area contributed by atoms with Crippen molar-refractivity contribution in [3.8, 4) is 0 Å². The number of ether oxygens (including phenoxy) is 1. The largest absolute Gasteiger partial charge is 0.454 e. The summed E-state index contributed by atoms with van der Waals surface area (Å²) in [6.45, 7) is 5.53. The Kier molecular flexibility index (Phi) is 10.5. The number of carbonyl (C=O) groups excluding carboxylic acids is 4. The van der Waals surface area contributed by atoms with Gasteiger partial charge in [-0.1, -0.05) is 50.3 Å². The van der Waals surface area contributed by atoms with Crippen molar-refractivity contribution in [1.29, 1.82) is 0 Å². The van der Waals surface area contributed by atoms with E-state index in [2.05, 4.69) is 5.32 Å². The number of Topliss-reactive ketones (excluding diaryl/α,β-unsaturated/α-hetero) is 1. The number of aliphatic hydroxyl groups excluding tert-OH is 1. The lowest BCUT2D eigenvalue weighted by molar-refractivity contribution is -0.142. The first-order valence-electron chi connectivity index (χ1n) is 11.6. The molecule has 180 valence electrons. The van der Waals surface area contributed by atoms with Crippen LogP contribution in [-0.2, 0) is 23.9 Å². The third kappa shape index (κ3) is 9.30. The second-order valence-electron chi connectivity index (χ2n) is 9.01. The van der Waals surface area contributed by atoms with Gasteiger partial charge in [-0.3, -0.25) is 19.7 Å². The summed E-state index contributed by atoms with van der Waals surface area (Å²) < 4.78 is 5.68. The highest BCUT2D eigenvalue weighted by Crippen LogP contribution is 2.24. The van der Waals surface area contributed by atoms with Gasteiger partial charge < -0.3 is 9.84 Å². The molecule has 1 saturated heterocycles. The fraction of sp³-hybridized carbons (Fsp3) is 0.538. The van der Waals surface area contributed by atoms with Crippen LogP contribution >= 0.6 is 0 Å². The van der Waals surface area contributed by atoms with Crippen molar-refractivity contribution >= 4 is 23.6 Å². The average molecular weight is 458 g/mol. The third-order valence-corrected chi connectivity index (χ3v) is 5.88. The van der Waals surface area contributed by atoms with Gasteiger partial charge in [0.25, 0.3) is 0 Å². The van der Waals surface area contributed by atoms with Crippen LogP contribution in [0.4, 0.5) is 0 Å². The highest BCUT2D eigenvalue weighted by Gasteiger charge is 2.28. The molecule has 2 rings (SSSR count). The minimum absolute atomic E-state index is 0.0648. The first-order valence-corrected chi connectivity index (χ1v) is 11.6. The van der Waals surface area contributed by atoms with Crippen LogP contribution in [0.3, 0.4) is 0 Å². The summed E-state index contributed by atoms with van der Waals surface area (Å²) >= 11 is 0. The number of esters is 1. The Bertz CT molecular complexity index is 837. The Morgan fingerprint density at radius 2 is 1.85 bits per heavy atom. The molecule has 2 amide bonds. The summed E-state index contributed by atoms with van der Waals surface area (Å²) in [5.41, 5.74) is 0.764. The summed E-state index contributed by atoms with van der Waals surface area (Å²) in [4.78, 5) is 47.9. The van der Waals surface area contributed by atoms with E-state index in [0.717, 1.165) is 18.4 Å². The smallest absolute Gasteiger partial charge is 0.331 e. The van der Waals surface area contributed by atoms with Crippen LogP contribution in [0.5, 0.6) is 0 Å². The zero-order valence-electron chi connectivity index (χ0n) is 19.7. The molecule has 0 aromatic rings. The van der Waals surface area contributed by atoms with Crippen LogP contribution in [0, 0.1) is 17.8 Å². The van der Waals surface area contributed by atoms with Crippen molar-refractivity contribution < 1.29 is 29.0 Å². The number of hydrogen-bond acceptors (Lipinski definition) is 6. The van der Waals surface area contributed by atoms with Gasteiger partial charge in [-0.25, -0.2) is 4.79 Å². The fourth-order valence-electron chi connectivity index (χ4n) is 4.16. The molecule has 0 bridgehead atoms. The van der Waals surface area contributed by atoms with Crippen LogP contribution in [0.1, 0.15) is 59.3 Å². The number of rotatable bonds is 7. The molecule has 4 atom stereocenters. The van der Waals surface area contributed by atoms with Gasteiger partial charge in [0.1, 0.15) is 11.9 Å². The van der Waals surface area contributed by atoms with E-state index in [-0.39, 0.29) is 55.1 Å². The molecule has 0 aromatic carbocycles. The number of allylic oxidation sites excluding steroid dienone is 5. The molecule has 0 aromatic heterocycles. The van der Waals surface area contributed by atoms with E-state index in [9.17, 15) is 24.3 Å². The van der Waals surface area contributed by atoms with E-state index in [4.69, 9.17) is 4.74 Å². The Balaban J connectivity index is 2.01. The van der Waals surface area contributed by atoms with Gasteiger partial charge in [-0.05, 0) is 37.7 Å². The number of amides is 2. The highest BCUT2D eigenvalue weighted by atomic mass is 16.5. The van der Waals surface area contributed by atoms with Crippen molar-refractivity contribution in [1.82, 2.24) is 5.32 Å². The zero-order valence-corrected chi connectivity index (χ0v) is 19.7. The van der Waals surface area contributed by atoms with Crippen molar-refractivity contribution in [2.24, 2.45) is 17.8 Å². The Morgan fingerprint density at radius 1 is 1.18 bits per heavy atom. The molecule has 2 aliphatic rings. The van der Waals surface area contributed by atoms with Crippen LogP contribution in [0.2, 0.25) is 0 Å². The van der Waals surface area contributed by atoms with Crippen molar-refractivity contribution in [3.63, 3.8) is 0 Å². The summed E-state index contributed by atoms with van der Waals surface area (Å²) in [5, 5.41) is 12.6. The number of aliphatic hydroxyl groups is 1. The Morgan fingerprint density at radius 3 is 2.55 bits per heavy atom. The van der Waals surface area contributed by atoms with Crippen LogP contribution < -0.4 is 5.32 Å². The van der Waals surface area contributed by atoms with Crippen molar-refractivity contribution in [2.75, 3.05) is 0 Å². The molecular weight excluding hydrogens is 422 g/mol. The summed E-state index contributed by atoms with van der Waals surface area (Å²) in [7, 11) is 0. The second kappa shape index (κ2) is 13.0. The first-order chi connectivity index (χ1) is 15.7. The van der Waals surface area contributed by atoms with Crippen LogP contribution in [-0.4, -0.2) is 40.9 Å². The Hall–Kier alpha value is -2.80.